The zero-order valence-electron chi connectivity index (χ0n) is 10.4. The number of rotatable bonds is 6. The molecule has 0 bridgehead atoms. The van der Waals surface area contributed by atoms with Crippen molar-refractivity contribution in [1.29, 1.82) is 0 Å². The van der Waals surface area contributed by atoms with Crippen molar-refractivity contribution in [2.45, 2.75) is 19.3 Å². The van der Waals surface area contributed by atoms with Crippen LogP contribution in [0.25, 0.3) is 0 Å². The molecule has 0 unspecified atom stereocenters. The first-order valence-corrected chi connectivity index (χ1v) is 5.93. The second-order valence-electron chi connectivity index (χ2n) is 4.01. The van der Waals surface area contributed by atoms with E-state index in [9.17, 15) is 13.2 Å². The highest BCUT2D eigenvalue weighted by Gasteiger charge is 2.31. The molecule has 0 aliphatic carbocycles. The first-order chi connectivity index (χ1) is 9.54. The lowest BCUT2D eigenvalue weighted by atomic mass is 10.2. The summed E-state index contributed by atoms with van der Waals surface area (Å²) in [6.45, 7) is 0.843. The van der Waals surface area contributed by atoms with Crippen LogP contribution in [-0.2, 0) is 13.0 Å². The van der Waals surface area contributed by atoms with Gasteiger partial charge in [0.2, 0.25) is 0 Å². The molecule has 8 heteroatoms. The van der Waals surface area contributed by atoms with Gasteiger partial charge in [0.15, 0.2) is 0 Å². The predicted octanol–water partition coefficient (Wildman–Crippen LogP) is 2.04. The van der Waals surface area contributed by atoms with Crippen molar-refractivity contribution in [2.24, 2.45) is 0 Å². The lowest BCUT2D eigenvalue weighted by Crippen LogP contribution is -2.21. The van der Waals surface area contributed by atoms with E-state index in [0.717, 1.165) is 5.82 Å². The second-order valence-corrected chi connectivity index (χ2v) is 4.01. The molecule has 2 rings (SSSR count). The quantitative estimate of drug-likeness (QED) is 0.798. The summed E-state index contributed by atoms with van der Waals surface area (Å²) >= 11 is 0. The number of nitrogens with one attached hydrogen (secondary N) is 2. The molecule has 2 N–H and O–H groups in total. The Hall–Kier alpha value is -2.09. The molecule has 108 valence electrons. The first-order valence-electron chi connectivity index (χ1n) is 5.93. The predicted molar refractivity (Wildman–Crippen MR) is 64.9 cm³/mol. The van der Waals surface area contributed by atoms with Crippen molar-refractivity contribution in [3.63, 3.8) is 0 Å². The van der Waals surface area contributed by atoms with Crippen LogP contribution in [0, 0.1) is 0 Å². The number of nitrogens with zero attached hydrogens (tertiary/aromatic N) is 2. The van der Waals surface area contributed by atoms with Crippen LogP contribution >= 0.6 is 0 Å². The van der Waals surface area contributed by atoms with Gasteiger partial charge < -0.3 is 10.1 Å². The van der Waals surface area contributed by atoms with Crippen molar-refractivity contribution >= 4 is 0 Å². The molecule has 1 heterocycles. The molecule has 0 spiro atoms. The topological polar surface area (TPSA) is 62.8 Å². The normalized spacial score (nSPS) is 11.6. The fourth-order valence-electron chi connectivity index (χ4n) is 1.66. The van der Waals surface area contributed by atoms with Gasteiger partial charge in [-0.05, 0) is 6.07 Å². The Morgan fingerprint density at radius 1 is 1.25 bits per heavy atom. The van der Waals surface area contributed by atoms with Gasteiger partial charge in [0.1, 0.15) is 17.9 Å². The fraction of sp³-hybridized carbons (Fsp3) is 0.333. The minimum Gasteiger partial charge on any atom is -0.405 e. The van der Waals surface area contributed by atoms with Crippen molar-refractivity contribution in [1.82, 2.24) is 20.5 Å². The summed E-state index contributed by atoms with van der Waals surface area (Å²) in [6.07, 6.45) is -2.67. The summed E-state index contributed by atoms with van der Waals surface area (Å²) in [5.41, 5.74) is 0.447. The Morgan fingerprint density at radius 3 is 2.75 bits per heavy atom. The van der Waals surface area contributed by atoms with Crippen LogP contribution in [0.2, 0.25) is 0 Å². The van der Waals surface area contributed by atoms with E-state index in [0.29, 0.717) is 18.5 Å². The average Bonchev–Trinajstić information content (AvgIpc) is 2.88. The molecule has 0 fully saturated rings. The molecule has 2 aromatic rings. The van der Waals surface area contributed by atoms with Gasteiger partial charge in [-0.2, -0.15) is 5.10 Å². The Balaban J connectivity index is 1.86. The van der Waals surface area contributed by atoms with Gasteiger partial charge in [0, 0.05) is 25.1 Å². The zero-order chi connectivity index (χ0) is 14.4. The first kappa shape index (κ1) is 14.3. The summed E-state index contributed by atoms with van der Waals surface area (Å²) in [5.74, 6) is 0.532. The number of para-hydroxylation sites is 1. The van der Waals surface area contributed by atoms with Gasteiger partial charge in [-0.25, -0.2) is 4.98 Å². The van der Waals surface area contributed by atoms with Crippen LogP contribution < -0.4 is 10.1 Å². The standard InChI is InChI=1S/C12H13F3N4O/c13-12(14,15)20-10-4-2-1-3-9(10)7-16-6-5-11-17-8-18-19-11/h1-4,8,16H,5-7H2,(H,17,18,19). The Bertz CT molecular complexity index is 528. The molecule has 0 saturated heterocycles. The van der Waals surface area contributed by atoms with E-state index in [2.05, 4.69) is 25.2 Å². The molecule has 1 aromatic carbocycles. The van der Waals surface area contributed by atoms with Crippen LogP contribution in [0.1, 0.15) is 11.4 Å². The number of hydrogen-bond acceptors (Lipinski definition) is 4. The monoisotopic (exact) mass is 286 g/mol. The summed E-state index contributed by atoms with van der Waals surface area (Å²) < 4.78 is 40.7. The van der Waals surface area contributed by atoms with E-state index >= 15 is 0 Å². The molecule has 5 nitrogen and oxygen atoms in total. The lowest BCUT2D eigenvalue weighted by Gasteiger charge is -2.13. The maximum atomic E-state index is 12.2. The summed E-state index contributed by atoms with van der Waals surface area (Å²) in [4.78, 5) is 3.95. The average molecular weight is 286 g/mol. The van der Waals surface area contributed by atoms with E-state index in [4.69, 9.17) is 0 Å². The van der Waals surface area contributed by atoms with E-state index in [1.165, 1.54) is 18.5 Å². The third kappa shape index (κ3) is 4.54. The molecular formula is C12H13F3N4O. The summed E-state index contributed by atoms with van der Waals surface area (Å²) in [6, 6.07) is 6.04. The van der Waals surface area contributed by atoms with Crippen molar-refractivity contribution < 1.29 is 17.9 Å². The smallest absolute Gasteiger partial charge is 0.405 e. The molecule has 0 amide bonds. The summed E-state index contributed by atoms with van der Waals surface area (Å²) in [7, 11) is 0. The van der Waals surface area contributed by atoms with Gasteiger partial charge in [0.05, 0.1) is 0 Å². The number of halogens is 3. The van der Waals surface area contributed by atoms with Crippen LogP contribution in [0.5, 0.6) is 5.75 Å². The van der Waals surface area contributed by atoms with E-state index in [-0.39, 0.29) is 12.3 Å². The van der Waals surface area contributed by atoms with Crippen molar-refractivity contribution in [3.05, 3.63) is 42.0 Å². The molecule has 0 saturated carbocycles. The number of alkyl halides is 3. The van der Waals surface area contributed by atoms with Crippen LogP contribution in [-0.4, -0.2) is 28.1 Å². The number of ether oxygens (including phenoxy) is 1. The van der Waals surface area contributed by atoms with E-state index in [1.54, 1.807) is 12.1 Å². The maximum Gasteiger partial charge on any atom is 0.573 e. The maximum absolute atomic E-state index is 12.2. The lowest BCUT2D eigenvalue weighted by molar-refractivity contribution is -0.274. The van der Waals surface area contributed by atoms with E-state index < -0.39 is 6.36 Å². The van der Waals surface area contributed by atoms with Crippen LogP contribution in [0.4, 0.5) is 13.2 Å². The number of aromatic amines is 1. The van der Waals surface area contributed by atoms with Crippen LogP contribution in [0.3, 0.4) is 0 Å². The van der Waals surface area contributed by atoms with Gasteiger partial charge in [-0.3, -0.25) is 5.10 Å². The Labute approximate surface area is 113 Å². The summed E-state index contributed by atoms with van der Waals surface area (Å²) in [5, 5.41) is 9.44. The molecule has 20 heavy (non-hydrogen) atoms. The highest BCUT2D eigenvalue weighted by molar-refractivity contribution is 5.33. The van der Waals surface area contributed by atoms with Crippen molar-refractivity contribution in [2.75, 3.05) is 6.54 Å². The number of benzene rings is 1. The van der Waals surface area contributed by atoms with E-state index in [1.807, 2.05) is 0 Å². The van der Waals surface area contributed by atoms with Gasteiger partial charge in [0.25, 0.3) is 0 Å². The molecule has 0 aliphatic heterocycles. The Morgan fingerprint density at radius 2 is 2.05 bits per heavy atom. The molecule has 0 aliphatic rings. The Kier molecular flexibility index (Phi) is 4.57. The SMILES string of the molecule is FC(F)(F)Oc1ccccc1CNCCc1ncn[nH]1. The van der Waals surface area contributed by atoms with Gasteiger partial charge in [-0.15, -0.1) is 13.2 Å². The fourth-order valence-corrected chi connectivity index (χ4v) is 1.66. The van der Waals surface area contributed by atoms with Crippen LogP contribution in [0.15, 0.2) is 30.6 Å². The number of hydrogen-bond donors (Lipinski definition) is 2. The molecule has 1 aromatic heterocycles. The molecule has 0 radical (unpaired) electrons. The highest BCUT2D eigenvalue weighted by Crippen LogP contribution is 2.25. The highest BCUT2D eigenvalue weighted by atomic mass is 19.4. The third-order valence-electron chi connectivity index (χ3n) is 2.52. The molecule has 0 atom stereocenters. The second kappa shape index (κ2) is 6.38. The minimum atomic E-state index is -4.68. The number of aromatic nitrogens is 3. The van der Waals surface area contributed by atoms with Crippen molar-refractivity contribution in [3.8, 4) is 5.75 Å². The third-order valence-corrected chi connectivity index (χ3v) is 2.52. The molecular weight excluding hydrogens is 273 g/mol. The zero-order valence-corrected chi connectivity index (χ0v) is 10.4. The minimum absolute atomic E-state index is 0.188. The van der Waals surface area contributed by atoms with Gasteiger partial charge in [-0.1, -0.05) is 18.2 Å². The van der Waals surface area contributed by atoms with Gasteiger partial charge >= 0.3 is 6.36 Å². The number of H-pyrrole nitrogens is 1. The largest absolute Gasteiger partial charge is 0.573 e.